The monoisotopic (exact) mass is 153 g/mol. The van der Waals surface area contributed by atoms with E-state index in [0.29, 0.717) is 10.7 Å². The van der Waals surface area contributed by atoms with E-state index in [1.807, 2.05) is 0 Å². The molecule has 50 valence electrons. The van der Waals surface area contributed by atoms with E-state index in [9.17, 15) is 0 Å². The molecule has 0 spiro atoms. The van der Waals surface area contributed by atoms with Crippen LogP contribution >= 0.6 is 11.6 Å². The lowest BCUT2D eigenvalue weighted by molar-refractivity contribution is 0.476. The quantitative estimate of drug-likeness (QED) is 0.570. The van der Waals surface area contributed by atoms with Gasteiger partial charge in [0, 0.05) is 5.02 Å². The summed E-state index contributed by atoms with van der Waals surface area (Å²) in [6, 6.07) is 4.24. The maximum absolute atomic E-state index is 8.90. The molecule has 0 saturated heterocycles. The fraction of sp³-hybridized carbons (Fsp3) is 0. The van der Waals surface area contributed by atoms with Crippen molar-refractivity contribution in [1.82, 2.24) is 0 Å². The zero-order valence-electron chi connectivity index (χ0n) is 5.00. The molecule has 1 rings (SSSR count). The molecule has 0 fully saturated rings. The Labute approximate surface area is 63.5 Å². The van der Waals surface area contributed by atoms with Crippen LogP contribution in [0.15, 0.2) is 18.2 Å². The van der Waals surface area contributed by atoms with Crippen molar-refractivity contribution in [3.05, 3.63) is 34.6 Å². The smallest absolute Gasteiger partial charge is 0.192 e. The molecule has 10 heavy (non-hydrogen) atoms. The highest BCUT2D eigenvalue weighted by Gasteiger charge is 1.95. The first-order chi connectivity index (χ1) is 4.72. The van der Waals surface area contributed by atoms with Crippen molar-refractivity contribution in [3.63, 3.8) is 0 Å². The van der Waals surface area contributed by atoms with Crippen molar-refractivity contribution in [2.75, 3.05) is 0 Å². The van der Waals surface area contributed by atoms with E-state index in [-0.39, 0.29) is 5.75 Å². The first-order valence-electron chi connectivity index (χ1n) is 2.59. The molecular weight excluding hydrogens is 150 g/mol. The third kappa shape index (κ3) is 1.40. The molecule has 0 saturated carbocycles. The molecule has 1 N–H and O–H groups in total. The number of nitrogens with zero attached hydrogens (tertiary/aromatic N) is 1. The van der Waals surface area contributed by atoms with E-state index in [0.717, 1.165) is 0 Å². The molecule has 0 bridgehead atoms. The highest BCUT2D eigenvalue weighted by atomic mass is 35.5. The molecule has 1 aromatic rings. The third-order valence-electron chi connectivity index (χ3n) is 0.996. The van der Waals surface area contributed by atoms with Crippen LogP contribution in [0.5, 0.6) is 5.75 Å². The van der Waals surface area contributed by atoms with Gasteiger partial charge in [-0.2, -0.15) is 0 Å². The molecule has 0 unspecified atom stereocenters. The minimum absolute atomic E-state index is 0.0264. The Morgan fingerprint density at radius 1 is 1.40 bits per heavy atom. The van der Waals surface area contributed by atoms with Crippen molar-refractivity contribution in [3.8, 4) is 5.75 Å². The molecule has 0 amide bonds. The van der Waals surface area contributed by atoms with Crippen LogP contribution in [-0.4, -0.2) is 5.11 Å². The number of benzene rings is 1. The minimum atomic E-state index is 0.0264. The van der Waals surface area contributed by atoms with Crippen molar-refractivity contribution >= 4 is 17.3 Å². The zero-order chi connectivity index (χ0) is 7.56. The van der Waals surface area contributed by atoms with Crippen LogP contribution in [0.4, 0.5) is 5.69 Å². The third-order valence-corrected chi connectivity index (χ3v) is 1.21. The Bertz CT molecular complexity index is 270. The van der Waals surface area contributed by atoms with E-state index in [2.05, 4.69) is 4.85 Å². The second-order valence-corrected chi connectivity index (χ2v) is 2.22. The van der Waals surface area contributed by atoms with Crippen molar-refractivity contribution in [2.24, 2.45) is 0 Å². The van der Waals surface area contributed by atoms with E-state index in [1.54, 1.807) is 0 Å². The average molecular weight is 154 g/mol. The van der Waals surface area contributed by atoms with Crippen molar-refractivity contribution in [2.45, 2.75) is 0 Å². The number of phenols is 1. The SMILES string of the molecule is [C-]#[N+]c1cc(O)cc(Cl)c1. The Hall–Kier alpha value is -1.20. The standard InChI is InChI=1S/C7H4ClNO/c1-9-6-2-5(8)3-7(10)4-6/h2-4,10H. The van der Waals surface area contributed by atoms with Gasteiger partial charge in [-0.1, -0.05) is 11.6 Å². The summed E-state index contributed by atoms with van der Waals surface area (Å²) in [5.74, 6) is 0.0264. The normalized spacial score (nSPS) is 8.80. The summed E-state index contributed by atoms with van der Waals surface area (Å²) in [7, 11) is 0. The minimum Gasteiger partial charge on any atom is -0.509 e. The summed E-state index contributed by atoms with van der Waals surface area (Å²) in [5, 5.41) is 9.28. The first kappa shape index (κ1) is 6.91. The molecule has 0 atom stereocenters. The average Bonchev–Trinajstić information content (AvgIpc) is 1.85. The van der Waals surface area contributed by atoms with Gasteiger partial charge >= 0.3 is 0 Å². The Morgan fingerprint density at radius 2 is 2.10 bits per heavy atom. The molecule has 0 aromatic heterocycles. The van der Waals surface area contributed by atoms with Crippen LogP contribution < -0.4 is 0 Å². The van der Waals surface area contributed by atoms with Gasteiger partial charge in [0.2, 0.25) is 0 Å². The lowest BCUT2D eigenvalue weighted by Crippen LogP contribution is -1.64. The molecule has 0 aliphatic rings. The zero-order valence-corrected chi connectivity index (χ0v) is 5.76. The Morgan fingerprint density at radius 3 is 2.60 bits per heavy atom. The molecule has 3 heteroatoms. The van der Waals surface area contributed by atoms with Crippen LogP contribution in [-0.2, 0) is 0 Å². The van der Waals surface area contributed by atoms with Gasteiger partial charge in [0.25, 0.3) is 0 Å². The largest absolute Gasteiger partial charge is 0.509 e. The molecule has 0 aliphatic carbocycles. The maximum atomic E-state index is 8.90. The molecule has 2 nitrogen and oxygen atoms in total. The predicted molar refractivity (Wildman–Crippen MR) is 39.4 cm³/mol. The molecule has 0 radical (unpaired) electrons. The number of hydrogen-bond donors (Lipinski definition) is 1. The summed E-state index contributed by atoms with van der Waals surface area (Å²) < 4.78 is 0. The number of rotatable bonds is 0. The van der Waals surface area contributed by atoms with E-state index in [4.69, 9.17) is 23.3 Å². The van der Waals surface area contributed by atoms with Crippen LogP contribution in [0.1, 0.15) is 0 Å². The van der Waals surface area contributed by atoms with Gasteiger partial charge in [-0.3, -0.25) is 0 Å². The van der Waals surface area contributed by atoms with E-state index >= 15 is 0 Å². The lowest BCUT2D eigenvalue weighted by Gasteiger charge is -1.92. The lowest BCUT2D eigenvalue weighted by atomic mass is 10.3. The number of halogens is 1. The summed E-state index contributed by atoms with van der Waals surface area (Å²) in [6.07, 6.45) is 0. The molecule has 0 aliphatic heterocycles. The fourth-order valence-electron chi connectivity index (χ4n) is 0.624. The van der Waals surface area contributed by atoms with Crippen LogP contribution in [0.2, 0.25) is 5.02 Å². The van der Waals surface area contributed by atoms with Crippen LogP contribution in [0.3, 0.4) is 0 Å². The van der Waals surface area contributed by atoms with E-state index in [1.165, 1.54) is 18.2 Å². The van der Waals surface area contributed by atoms with Crippen LogP contribution in [0, 0.1) is 6.57 Å². The van der Waals surface area contributed by atoms with Crippen LogP contribution in [0.25, 0.3) is 4.85 Å². The summed E-state index contributed by atoms with van der Waals surface area (Å²) in [6.45, 7) is 6.59. The van der Waals surface area contributed by atoms with Gasteiger partial charge in [0.1, 0.15) is 5.75 Å². The summed E-state index contributed by atoms with van der Waals surface area (Å²) in [5.41, 5.74) is 0.352. The molecular formula is C7H4ClNO. The van der Waals surface area contributed by atoms with Gasteiger partial charge in [-0.15, -0.1) is 0 Å². The van der Waals surface area contributed by atoms with Gasteiger partial charge in [0.05, 0.1) is 6.57 Å². The maximum Gasteiger partial charge on any atom is 0.192 e. The summed E-state index contributed by atoms with van der Waals surface area (Å²) >= 11 is 5.53. The second-order valence-electron chi connectivity index (χ2n) is 1.78. The number of phenolic OH excluding ortho intramolecular Hbond substituents is 1. The highest BCUT2D eigenvalue weighted by Crippen LogP contribution is 2.24. The fourth-order valence-corrected chi connectivity index (χ4v) is 0.847. The van der Waals surface area contributed by atoms with Gasteiger partial charge in [-0.25, -0.2) is 4.85 Å². The van der Waals surface area contributed by atoms with Gasteiger partial charge in [0.15, 0.2) is 5.69 Å². The van der Waals surface area contributed by atoms with Gasteiger partial charge < -0.3 is 5.11 Å². The number of aromatic hydroxyl groups is 1. The van der Waals surface area contributed by atoms with Gasteiger partial charge in [-0.05, 0) is 18.2 Å². The van der Waals surface area contributed by atoms with E-state index < -0.39 is 0 Å². The van der Waals surface area contributed by atoms with Crippen molar-refractivity contribution in [1.29, 1.82) is 0 Å². The second kappa shape index (κ2) is 2.59. The van der Waals surface area contributed by atoms with Crippen molar-refractivity contribution < 1.29 is 5.11 Å². The predicted octanol–water partition coefficient (Wildman–Crippen LogP) is 2.60. The number of hydrogen-bond acceptors (Lipinski definition) is 1. The Kier molecular flexibility index (Phi) is 1.79. The molecule has 0 heterocycles. The topological polar surface area (TPSA) is 24.6 Å². The first-order valence-corrected chi connectivity index (χ1v) is 2.97. The summed E-state index contributed by atoms with van der Waals surface area (Å²) in [4.78, 5) is 3.10. The molecule has 1 aromatic carbocycles. The highest BCUT2D eigenvalue weighted by molar-refractivity contribution is 6.31. The Balaban J connectivity index is 3.22.